The lowest BCUT2D eigenvalue weighted by Gasteiger charge is -2.12. The highest BCUT2D eigenvalue weighted by Crippen LogP contribution is 2.28. The van der Waals surface area contributed by atoms with Crippen LogP contribution in [-0.4, -0.2) is 24.9 Å². The van der Waals surface area contributed by atoms with Crippen LogP contribution in [0.3, 0.4) is 0 Å². The third-order valence-corrected chi connectivity index (χ3v) is 5.84. The van der Waals surface area contributed by atoms with Crippen LogP contribution in [0, 0.1) is 12.7 Å². The highest BCUT2D eigenvalue weighted by molar-refractivity contribution is 7.92. The molecule has 148 valence electrons. The number of benzene rings is 2. The molecule has 0 amide bonds. The van der Waals surface area contributed by atoms with E-state index in [1.807, 2.05) is 41.9 Å². The molecule has 6 nitrogen and oxygen atoms in total. The van der Waals surface area contributed by atoms with Crippen LogP contribution >= 0.6 is 0 Å². The minimum absolute atomic E-state index is 0.0609. The van der Waals surface area contributed by atoms with Gasteiger partial charge in [0.1, 0.15) is 22.1 Å². The number of methoxy groups -OCH3 is 1. The van der Waals surface area contributed by atoms with Crippen molar-refractivity contribution in [2.75, 3.05) is 11.8 Å². The lowest BCUT2D eigenvalue weighted by Crippen LogP contribution is -2.14. The number of aromatic nitrogens is 2. The Hall–Kier alpha value is -3.39. The molecule has 0 fully saturated rings. The summed E-state index contributed by atoms with van der Waals surface area (Å²) in [4.78, 5) is 4.32. The summed E-state index contributed by atoms with van der Waals surface area (Å²) in [6.45, 7) is 1.99. The molecule has 0 aliphatic carbocycles. The molecule has 0 saturated heterocycles. The molecule has 0 aliphatic heterocycles. The van der Waals surface area contributed by atoms with E-state index in [1.165, 1.54) is 13.2 Å². The third-order valence-electron chi connectivity index (χ3n) is 4.44. The van der Waals surface area contributed by atoms with Gasteiger partial charge in [0.25, 0.3) is 10.0 Å². The third kappa shape index (κ3) is 3.79. The van der Waals surface area contributed by atoms with Gasteiger partial charge in [-0.05, 0) is 55.0 Å². The Kier molecular flexibility index (Phi) is 4.71. The molecular formula is C21H18FN3O3S. The number of aryl methyl sites for hydroxylation is 1. The zero-order valence-corrected chi connectivity index (χ0v) is 16.6. The maximum absolute atomic E-state index is 13.6. The second kappa shape index (κ2) is 7.21. The lowest BCUT2D eigenvalue weighted by atomic mass is 10.1. The van der Waals surface area contributed by atoms with Gasteiger partial charge in [-0.2, -0.15) is 0 Å². The predicted octanol–water partition coefficient (Wildman–Crippen LogP) is 4.26. The summed E-state index contributed by atoms with van der Waals surface area (Å²) in [5.41, 5.74) is 3.69. The highest BCUT2D eigenvalue weighted by Gasteiger charge is 2.21. The number of hydrogen-bond donors (Lipinski definition) is 1. The van der Waals surface area contributed by atoms with E-state index in [2.05, 4.69) is 9.71 Å². The molecule has 2 aromatic heterocycles. The fourth-order valence-corrected chi connectivity index (χ4v) is 4.27. The summed E-state index contributed by atoms with van der Waals surface area (Å²) >= 11 is 0. The van der Waals surface area contributed by atoms with E-state index in [-0.39, 0.29) is 10.6 Å². The van der Waals surface area contributed by atoms with Crippen LogP contribution in [0.2, 0.25) is 0 Å². The molecule has 8 heteroatoms. The Morgan fingerprint density at radius 3 is 2.72 bits per heavy atom. The van der Waals surface area contributed by atoms with Crippen LogP contribution in [0.15, 0.2) is 71.9 Å². The van der Waals surface area contributed by atoms with E-state index >= 15 is 0 Å². The summed E-state index contributed by atoms with van der Waals surface area (Å²) in [5, 5.41) is 0. The summed E-state index contributed by atoms with van der Waals surface area (Å²) < 4.78 is 48.6. The maximum Gasteiger partial charge on any atom is 0.265 e. The quantitative estimate of drug-likeness (QED) is 0.533. The normalized spacial score (nSPS) is 11.6. The molecular weight excluding hydrogens is 393 g/mol. The average molecular weight is 411 g/mol. The largest absolute Gasteiger partial charge is 0.495 e. The van der Waals surface area contributed by atoms with Gasteiger partial charge >= 0.3 is 0 Å². The Bertz CT molecular complexity index is 1320. The van der Waals surface area contributed by atoms with Gasteiger partial charge in [-0.1, -0.05) is 12.1 Å². The number of hydrogen-bond acceptors (Lipinski definition) is 4. The molecule has 0 radical (unpaired) electrons. The molecule has 0 saturated carbocycles. The van der Waals surface area contributed by atoms with Gasteiger partial charge in [0.2, 0.25) is 0 Å². The smallest absolute Gasteiger partial charge is 0.265 e. The van der Waals surface area contributed by atoms with E-state index in [1.54, 1.807) is 18.2 Å². The Balaban J connectivity index is 1.69. The Morgan fingerprint density at radius 1 is 1.10 bits per heavy atom. The van der Waals surface area contributed by atoms with Gasteiger partial charge in [0.05, 0.1) is 12.8 Å². The first kappa shape index (κ1) is 18.9. The summed E-state index contributed by atoms with van der Waals surface area (Å²) in [5.74, 6) is -0.606. The van der Waals surface area contributed by atoms with E-state index in [4.69, 9.17) is 4.74 Å². The summed E-state index contributed by atoms with van der Waals surface area (Å²) in [6, 6.07) is 14.2. The number of imidazole rings is 1. The topological polar surface area (TPSA) is 72.7 Å². The second-order valence-electron chi connectivity index (χ2n) is 6.58. The van der Waals surface area contributed by atoms with Crippen LogP contribution in [0.25, 0.3) is 16.9 Å². The number of nitrogens with zero attached hydrogens (tertiary/aromatic N) is 2. The highest BCUT2D eigenvalue weighted by atomic mass is 32.2. The number of nitrogens with one attached hydrogen (secondary N) is 1. The minimum Gasteiger partial charge on any atom is -0.495 e. The molecule has 2 aromatic carbocycles. The van der Waals surface area contributed by atoms with Gasteiger partial charge in [-0.3, -0.25) is 4.72 Å². The number of sulfonamides is 1. The molecule has 0 bridgehead atoms. The molecule has 4 rings (SSSR count). The molecule has 4 aromatic rings. The van der Waals surface area contributed by atoms with Gasteiger partial charge in [0.15, 0.2) is 0 Å². The monoisotopic (exact) mass is 411 g/mol. The second-order valence-corrected chi connectivity index (χ2v) is 8.23. The molecule has 2 heterocycles. The number of anilines is 1. The number of pyridine rings is 1. The van der Waals surface area contributed by atoms with E-state index < -0.39 is 15.8 Å². The van der Waals surface area contributed by atoms with Gasteiger partial charge < -0.3 is 9.14 Å². The molecule has 29 heavy (non-hydrogen) atoms. The van der Waals surface area contributed by atoms with Crippen molar-refractivity contribution in [1.29, 1.82) is 0 Å². The van der Waals surface area contributed by atoms with Crippen molar-refractivity contribution in [2.24, 2.45) is 0 Å². The van der Waals surface area contributed by atoms with Gasteiger partial charge in [-0.15, -0.1) is 0 Å². The van der Waals surface area contributed by atoms with Crippen molar-refractivity contribution in [3.8, 4) is 17.0 Å². The van der Waals surface area contributed by atoms with Gasteiger partial charge in [0, 0.05) is 23.6 Å². The SMILES string of the molecule is COc1ccc(F)cc1S(=O)(=O)Nc1cccc(-c2cn3ccc(C)cc3n2)c1. The first-order valence-electron chi connectivity index (χ1n) is 8.78. The van der Waals surface area contributed by atoms with Crippen molar-refractivity contribution in [1.82, 2.24) is 9.38 Å². The van der Waals surface area contributed by atoms with Crippen LogP contribution in [0.5, 0.6) is 5.75 Å². The number of halogens is 1. The first-order chi connectivity index (χ1) is 13.9. The first-order valence-corrected chi connectivity index (χ1v) is 10.3. The Morgan fingerprint density at radius 2 is 1.93 bits per heavy atom. The molecule has 0 aliphatic rings. The van der Waals surface area contributed by atoms with Crippen molar-refractivity contribution in [3.63, 3.8) is 0 Å². The standard InChI is InChI=1S/C21H18FN3O3S/c1-14-8-9-25-13-18(23-21(25)10-14)15-4-3-5-17(11-15)24-29(26,27)20-12-16(22)6-7-19(20)28-2/h3-13,24H,1-2H3. The minimum atomic E-state index is -4.05. The number of rotatable bonds is 5. The predicted molar refractivity (Wildman–Crippen MR) is 109 cm³/mol. The van der Waals surface area contributed by atoms with Crippen molar-refractivity contribution in [3.05, 3.63) is 78.4 Å². The summed E-state index contributed by atoms with van der Waals surface area (Å²) in [7, 11) is -2.72. The zero-order valence-electron chi connectivity index (χ0n) is 15.8. The lowest BCUT2D eigenvalue weighted by molar-refractivity contribution is 0.401. The number of fused-ring (bicyclic) bond motifs is 1. The zero-order chi connectivity index (χ0) is 20.6. The average Bonchev–Trinajstić information content (AvgIpc) is 3.11. The maximum atomic E-state index is 13.6. The van der Waals surface area contributed by atoms with Crippen molar-refractivity contribution >= 4 is 21.4 Å². The molecule has 1 N–H and O–H groups in total. The van der Waals surface area contributed by atoms with Crippen LogP contribution in [-0.2, 0) is 10.0 Å². The number of ether oxygens (including phenoxy) is 1. The van der Waals surface area contributed by atoms with Crippen LogP contribution in [0.4, 0.5) is 10.1 Å². The summed E-state index contributed by atoms with van der Waals surface area (Å²) in [6.07, 6.45) is 3.79. The van der Waals surface area contributed by atoms with E-state index in [0.717, 1.165) is 28.9 Å². The van der Waals surface area contributed by atoms with E-state index in [0.29, 0.717) is 11.4 Å². The Labute approximate surface area is 167 Å². The molecule has 0 atom stereocenters. The fraction of sp³-hybridized carbons (Fsp3) is 0.0952. The van der Waals surface area contributed by atoms with Crippen LogP contribution in [0.1, 0.15) is 5.56 Å². The molecule has 0 spiro atoms. The van der Waals surface area contributed by atoms with Crippen molar-refractivity contribution in [2.45, 2.75) is 11.8 Å². The van der Waals surface area contributed by atoms with Crippen molar-refractivity contribution < 1.29 is 17.5 Å². The fourth-order valence-electron chi connectivity index (χ4n) is 3.04. The van der Waals surface area contributed by atoms with E-state index in [9.17, 15) is 12.8 Å². The van der Waals surface area contributed by atoms with Gasteiger partial charge in [-0.25, -0.2) is 17.8 Å². The van der Waals surface area contributed by atoms with Crippen LogP contribution < -0.4 is 9.46 Å². The molecule has 0 unspecified atom stereocenters.